The molecule has 0 N–H and O–H groups in total. The van der Waals surface area contributed by atoms with E-state index in [-0.39, 0.29) is 0 Å². The van der Waals surface area contributed by atoms with Gasteiger partial charge in [0.15, 0.2) is 5.89 Å². The Hall–Kier alpha value is -1.16. The number of nitrogens with zero attached hydrogens (tertiary/aromatic N) is 2. The monoisotopic (exact) mass is 236 g/mol. The van der Waals surface area contributed by atoms with Crippen LogP contribution < -0.4 is 0 Å². The first-order valence-electron chi connectivity index (χ1n) is 6.32. The molecule has 1 fully saturated rings. The Morgan fingerprint density at radius 1 is 1.65 bits per heavy atom. The normalized spacial score (nSPS) is 21.9. The minimum absolute atomic E-state index is 0.351. The summed E-state index contributed by atoms with van der Waals surface area (Å²) < 4.78 is 5.49. The Morgan fingerprint density at radius 2 is 2.47 bits per heavy atom. The average Bonchev–Trinajstić information content (AvgIpc) is 2.78. The van der Waals surface area contributed by atoms with Crippen LogP contribution >= 0.6 is 0 Å². The summed E-state index contributed by atoms with van der Waals surface area (Å²) in [6.45, 7) is 6.61. The number of piperidine rings is 1. The van der Waals surface area contributed by atoms with E-state index in [4.69, 9.17) is 4.42 Å². The van der Waals surface area contributed by atoms with Crippen LogP contribution in [0, 0.1) is 0 Å². The van der Waals surface area contributed by atoms with Crippen LogP contribution in [0.2, 0.25) is 0 Å². The molecule has 0 aromatic carbocycles. The number of rotatable bonds is 4. The van der Waals surface area contributed by atoms with Crippen LogP contribution in [0.4, 0.5) is 0 Å². The number of hydrogen-bond acceptors (Lipinski definition) is 4. The van der Waals surface area contributed by atoms with Crippen molar-refractivity contribution in [2.75, 3.05) is 13.1 Å². The molecule has 1 atom stereocenters. The Kier molecular flexibility index (Phi) is 3.94. The smallest absolute Gasteiger partial charge is 0.198 e. The summed E-state index contributed by atoms with van der Waals surface area (Å²) in [6, 6.07) is 0.571. The first-order chi connectivity index (χ1) is 8.20. The fraction of sp³-hybridized carbons (Fsp3) is 0.692. The van der Waals surface area contributed by atoms with Gasteiger partial charge < -0.3 is 14.1 Å². The van der Waals surface area contributed by atoms with Crippen molar-refractivity contribution in [2.45, 2.75) is 45.1 Å². The predicted molar refractivity (Wildman–Crippen MR) is 65.0 cm³/mol. The summed E-state index contributed by atoms with van der Waals surface area (Å²) in [4.78, 5) is 17.3. The van der Waals surface area contributed by atoms with E-state index in [9.17, 15) is 4.79 Å². The molecule has 0 bridgehead atoms. The molecule has 0 radical (unpaired) electrons. The molecule has 1 saturated heterocycles. The highest BCUT2D eigenvalue weighted by Crippen LogP contribution is 2.27. The molecule has 17 heavy (non-hydrogen) atoms. The summed E-state index contributed by atoms with van der Waals surface area (Å²) >= 11 is 0. The Bertz CT molecular complexity index is 373. The van der Waals surface area contributed by atoms with Crippen LogP contribution in [0.3, 0.4) is 0 Å². The lowest BCUT2D eigenvalue weighted by Gasteiger charge is -2.34. The lowest BCUT2D eigenvalue weighted by molar-refractivity contribution is -0.107. The highest BCUT2D eigenvalue weighted by atomic mass is 16.3. The van der Waals surface area contributed by atoms with Gasteiger partial charge in [-0.25, -0.2) is 4.98 Å². The minimum atomic E-state index is 0.351. The topological polar surface area (TPSA) is 46.3 Å². The van der Waals surface area contributed by atoms with Crippen LogP contribution in [-0.2, 0) is 11.2 Å². The average molecular weight is 236 g/mol. The zero-order valence-electron chi connectivity index (χ0n) is 10.6. The lowest BCUT2D eigenvalue weighted by Crippen LogP contribution is -2.39. The van der Waals surface area contributed by atoms with Crippen molar-refractivity contribution in [1.29, 1.82) is 0 Å². The van der Waals surface area contributed by atoms with Crippen LogP contribution in [0.5, 0.6) is 0 Å². The van der Waals surface area contributed by atoms with Gasteiger partial charge in [0.05, 0.1) is 5.69 Å². The van der Waals surface area contributed by atoms with Gasteiger partial charge in [-0.1, -0.05) is 0 Å². The SMILES string of the molecule is CC(C)N1CCCC(c2nc(CC=O)co2)C1. The number of likely N-dealkylation sites (tertiary alicyclic amines) is 1. The number of oxazole rings is 1. The van der Waals surface area contributed by atoms with Gasteiger partial charge in [-0.05, 0) is 33.2 Å². The number of aldehydes is 1. The van der Waals surface area contributed by atoms with E-state index in [1.54, 1.807) is 6.26 Å². The molecule has 0 spiro atoms. The summed E-state index contributed by atoms with van der Waals surface area (Å²) in [5.74, 6) is 1.18. The number of carbonyl (C=O) groups is 1. The van der Waals surface area contributed by atoms with E-state index in [1.165, 1.54) is 6.42 Å². The first-order valence-corrected chi connectivity index (χ1v) is 6.32. The number of aromatic nitrogens is 1. The van der Waals surface area contributed by atoms with Crippen molar-refractivity contribution in [3.05, 3.63) is 17.8 Å². The quantitative estimate of drug-likeness (QED) is 0.750. The molecule has 2 rings (SSSR count). The molecule has 0 aliphatic carbocycles. The molecule has 1 aromatic heterocycles. The maximum Gasteiger partial charge on any atom is 0.198 e. The molecular formula is C13H20N2O2. The molecule has 94 valence electrons. The van der Waals surface area contributed by atoms with E-state index in [0.29, 0.717) is 18.4 Å². The van der Waals surface area contributed by atoms with E-state index < -0.39 is 0 Å². The standard InChI is InChI=1S/C13H20N2O2/c1-10(2)15-6-3-4-11(8-15)13-14-12(5-7-16)9-17-13/h7,9-11H,3-6,8H2,1-2H3. The van der Waals surface area contributed by atoms with Gasteiger partial charge in [-0.2, -0.15) is 0 Å². The molecule has 4 nitrogen and oxygen atoms in total. The van der Waals surface area contributed by atoms with Gasteiger partial charge in [0.25, 0.3) is 0 Å². The van der Waals surface area contributed by atoms with Gasteiger partial charge in [-0.15, -0.1) is 0 Å². The van der Waals surface area contributed by atoms with Crippen molar-refractivity contribution in [3.63, 3.8) is 0 Å². The molecule has 1 unspecified atom stereocenters. The van der Waals surface area contributed by atoms with E-state index in [1.807, 2.05) is 0 Å². The predicted octanol–water partition coefficient (Wildman–Crippen LogP) is 2.00. The molecule has 0 amide bonds. The molecule has 1 aromatic rings. The van der Waals surface area contributed by atoms with E-state index in [2.05, 4.69) is 23.7 Å². The molecule has 4 heteroatoms. The molecular weight excluding hydrogens is 216 g/mol. The number of hydrogen-bond donors (Lipinski definition) is 0. The highest BCUT2D eigenvalue weighted by molar-refractivity contribution is 5.53. The van der Waals surface area contributed by atoms with Gasteiger partial charge in [0, 0.05) is 24.9 Å². The first kappa shape index (κ1) is 12.3. The maximum absolute atomic E-state index is 10.4. The van der Waals surface area contributed by atoms with Crippen LogP contribution in [0.1, 0.15) is 44.2 Å². The molecule has 2 heterocycles. The zero-order valence-corrected chi connectivity index (χ0v) is 10.6. The second kappa shape index (κ2) is 5.45. The summed E-state index contributed by atoms with van der Waals surface area (Å²) in [5.41, 5.74) is 0.747. The summed E-state index contributed by atoms with van der Waals surface area (Å²) in [6.07, 6.45) is 5.14. The third-order valence-electron chi connectivity index (χ3n) is 3.39. The zero-order chi connectivity index (χ0) is 12.3. The molecule has 1 aliphatic rings. The van der Waals surface area contributed by atoms with Crippen LogP contribution in [-0.4, -0.2) is 35.3 Å². The summed E-state index contributed by atoms with van der Waals surface area (Å²) in [5, 5.41) is 0. The van der Waals surface area contributed by atoms with Crippen LogP contribution in [0.15, 0.2) is 10.7 Å². The Morgan fingerprint density at radius 3 is 3.18 bits per heavy atom. The maximum atomic E-state index is 10.4. The van der Waals surface area contributed by atoms with Crippen LogP contribution in [0.25, 0.3) is 0 Å². The van der Waals surface area contributed by atoms with Crippen molar-refractivity contribution in [3.8, 4) is 0 Å². The van der Waals surface area contributed by atoms with Crippen molar-refractivity contribution in [2.24, 2.45) is 0 Å². The summed E-state index contributed by atoms with van der Waals surface area (Å²) in [7, 11) is 0. The fourth-order valence-electron chi connectivity index (χ4n) is 2.37. The minimum Gasteiger partial charge on any atom is -0.448 e. The van der Waals surface area contributed by atoms with E-state index >= 15 is 0 Å². The van der Waals surface area contributed by atoms with Gasteiger partial charge in [-0.3, -0.25) is 0 Å². The Labute approximate surface area is 102 Å². The van der Waals surface area contributed by atoms with Crippen molar-refractivity contribution >= 4 is 6.29 Å². The van der Waals surface area contributed by atoms with Crippen molar-refractivity contribution < 1.29 is 9.21 Å². The number of carbonyl (C=O) groups excluding carboxylic acids is 1. The fourth-order valence-corrected chi connectivity index (χ4v) is 2.37. The van der Waals surface area contributed by atoms with Crippen molar-refractivity contribution in [1.82, 2.24) is 9.88 Å². The Balaban J connectivity index is 2.02. The third kappa shape index (κ3) is 2.94. The second-order valence-electron chi connectivity index (χ2n) is 4.98. The lowest BCUT2D eigenvalue weighted by atomic mass is 9.97. The molecule has 1 aliphatic heterocycles. The molecule has 0 saturated carbocycles. The third-order valence-corrected chi connectivity index (χ3v) is 3.39. The second-order valence-corrected chi connectivity index (χ2v) is 4.98. The van der Waals surface area contributed by atoms with Gasteiger partial charge >= 0.3 is 0 Å². The van der Waals surface area contributed by atoms with Gasteiger partial charge in [0.2, 0.25) is 0 Å². The largest absolute Gasteiger partial charge is 0.448 e. The van der Waals surface area contributed by atoms with Gasteiger partial charge in [0.1, 0.15) is 12.5 Å². The van der Waals surface area contributed by atoms with E-state index in [0.717, 1.165) is 37.4 Å². The highest BCUT2D eigenvalue weighted by Gasteiger charge is 2.26.